The first-order chi connectivity index (χ1) is 15.4. The summed E-state index contributed by atoms with van der Waals surface area (Å²) in [5.41, 5.74) is 1.74. The Morgan fingerprint density at radius 1 is 1.00 bits per heavy atom. The molecule has 0 spiro atoms. The largest absolute Gasteiger partial charge is 0.368 e. The zero-order valence-electron chi connectivity index (χ0n) is 17.8. The zero-order chi connectivity index (χ0) is 22.6. The maximum absolute atomic E-state index is 13.0. The summed E-state index contributed by atoms with van der Waals surface area (Å²) in [6.07, 6.45) is 1.12. The molecule has 0 bridgehead atoms. The van der Waals surface area contributed by atoms with Gasteiger partial charge in [-0.1, -0.05) is 36.4 Å². The molecule has 2 heterocycles. The molecule has 1 N–H and O–H groups in total. The van der Waals surface area contributed by atoms with Crippen LogP contribution in [0.15, 0.2) is 54.6 Å². The Balaban J connectivity index is 1.34. The van der Waals surface area contributed by atoms with Gasteiger partial charge in [-0.15, -0.1) is 0 Å². The van der Waals surface area contributed by atoms with Crippen molar-refractivity contribution in [2.75, 3.05) is 38.1 Å². The lowest BCUT2D eigenvalue weighted by molar-refractivity contribution is -0.124. The Morgan fingerprint density at radius 3 is 2.44 bits per heavy atom. The van der Waals surface area contributed by atoms with Crippen LogP contribution in [0.4, 0.5) is 5.69 Å². The summed E-state index contributed by atoms with van der Waals surface area (Å²) in [4.78, 5) is 26.9. The molecular formula is C23H27N3O5S. The Bertz CT molecular complexity index is 1060. The van der Waals surface area contributed by atoms with E-state index in [1.165, 1.54) is 4.31 Å². The minimum atomic E-state index is -3.44. The molecule has 2 aromatic carbocycles. The van der Waals surface area contributed by atoms with Crippen molar-refractivity contribution in [3.63, 3.8) is 0 Å². The molecule has 0 aliphatic carbocycles. The van der Waals surface area contributed by atoms with Crippen LogP contribution in [-0.4, -0.2) is 68.3 Å². The van der Waals surface area contributed by atoms with E-state index in [1.54, 1.807) is 41.3 Å². The van der Waals surface area contributed by atoms with Crippen LogP contribution in [-0.2, 0) is 25.3 Å². The molecule has 2 fully saturated rings. The van der Waals surface area contributed by atoms with E-state index in [9.17, 15) is 18.0 Å². The fourth-order valence-corrected chi connectivity index (χ4v) is 5.48. The minimum Gasteiger partial charge on any atom is -0.368 e. The summed E-state index contributed by atoms with van der Waals surface area (Å²) in [7, 11) is -3.44. The standard InChI is InChI=1S/C23H27N3O5S/c27-22(21-10-5-15-31-21)24-20-9-4-8-19(16-20)23(28)25-11-13-26(14-12-25)32(29,30)17-18-6-2-1-3-7-18/h1-4,6-9,16,21H,5,10-15,17H2,(H,24,27). The van der Waals surface area contributed by atoms with E-state index < -0.39 is 16.1 Å². The molecule has 1 atom stereocenters. The second kappa shape index (κ2) is 9.81. The monoisotopic (exact) mass is 457 g/mol. The van der Waals surface area contributed by atoms with Gasteiger partial charge in [0.25, 0.3) is 11.8 Å². The average molecular weight is 458 g/mol. The molecule has 0 radical (unpaired) electrons. The predicted octanol–water partition coefficient (Wildman–Crippen LogP) is 2.09. The summed E-state index contributed by atoms with van der Waals surface area (Å²) in [5, 5.41) is 2.81. The summed E-state index contributed by atoms with van der Waals surface area (Å²) in [5.74, 6) is -0.434. The third-order valence-electron chi connectivity index (χ3n) is 5.71. The Labute approximate surface area is 188 Å². The normalized spacial score (nSPS) is 19.6. The second-order valence-corrected chi connectivity index (χ2v) is 9.97. The van der Waals surface area contributed by atoms with Gasteiger partial charge in [0.2, 0.25) is 10.0 Å². The van der Waals surface area contributed by atoms with Crippen molar-refractivity contribution >= 4 is 27.5 Å². The van der Waals surface area contributed by atoms with Crippen LogP contribution >= 0.6 is 0 Å². The number of nitrogens with one attached hydrogen (secondary N) is 1. The van der Waals surface area contributed by atoms with E-state index in [0.29, 0.717) is 37.4 Å². The van der Waals surface area contributed by atoms with Gasteiger partial charge in [0, 0.05) is 44.0 Å². The van der Waals surface area contributed by atoms with Crippen molar-refractivity contribution in [1.82, 2.24) is 9.21 Å². The van der Waals surface area contributed by atoms with E-state index in [0.717, 1.165) is 12.0 Å². The highest BCUT2D eigenvalue weighted by atomic mass is 32.2. The number of ether oxygens (including phenoxy) is 1. The Hall–Kier alpha value is -2.75. The Morgan fingerprint density at radius 2 is 1.75 bits per heavy atom. The molecule has 32 heavy (non-hydrogen) atoms. The van der Waals surface area contributed by atoms with E-state index in [2.05, 4.69) is 5.32 Å². The summed E-state index contributed by atoms with van der Waals surface area (Å²) in [6.45, 7) is 1.75. The van der Waals surface area contributed by atoms with Crippen molar-refractivity contribution in [3.05, 3.63) is 65.7 Å². The lowest BCUT2D eigenvalue weighted by Gasteiger charge is -2.34. The molecule has 2 aromatic rings. The van der Waals surface area contributed by atoms with Crippen LogP contribution in [0.2, 0.25) is 0 Å². The van der Waals surface area contributed by atoms with Crippen molar-refractivity contribution in [2.45, 2.75) is 24.7 Å². The number of rotatable bonds is 6. The Kier molecular flexibility index (Phi) is 6.88. The minimum absolute atomic E-state index is 0.0474. The van der Waals surface area contributed by atoms with Crippen LogP contribution in [0.1, 0.15) is 28.8 Å². The summed E-state index contributed by atoms with van der Waals surface area (Å²) < 4.78 is 32.3. The number of amides is 2. The highest BCUT2D eigenvalue weighted by molar-refractivity contribution is 7.88. The van der Waals surface area contributed by atoms with Crippen molar-refractivity contribution in [3.8, 4) is 0 Å². The number of carbonyl (C=O) groups excluding carboxylic acids is 2. The van der Waals surface area contributed by atoms with Gasteiger partial charge in [-0.2, -0.15) is 4.31 Å². The SMILES string of the molecule is O=C(Nc1cccc(C(=O)N2CCN(S(=O)(=O)Cc3ccccc3)CC2)c1)C1CCCO1. The van der Waals surface area contributed by atoms with Gasteiger partial charge in [-0.25, -0.2) is 8.42 Å². The van der Waals surface area contributed by atoms with Gasteiger partial charge in [-0.3, -0.25) is 9.59 Å². The number of piperazine rings is 1. The van der Waals surface area contributed by atoms with Crippen LogP contribution in [0, 0.1) is 0 Å². The molecule has 4 rings (SSSR count). The molecule has 0 saturated carbocycles. The summed E-state index contributed by atoms with van der Waals surface area (Å²) >= 11 is 0. The lowest BCUT2D eigenvalue weighted by atomic mass is 10.1. The van der Waals surface area contributed by atoms with Gasteiger partial charge in [-0.05, 0) is 36.6 Å². The first-order valence-electron chi connectivity index (χ1n) is 10.8. The topological polar surface area (TPSA) is 96.0 Å². The van der Waals surface area contributed by atoms with Crippen molar-refractivity contribution in [1.29, 1.82) is 0 Å². The molecule has 2 saturated heterocycles. The number of hydrogen-bond acceptors (Lipinski definition) is 5. The first-order valence-corrected chi connectivity index (χ1v) is 12.4. The maximum Gasteiger partial charge on any atom is 0.254 e. The van der Waals surface area contributed by atoms with Crippen LogP contribution in [0.3, 0.4) is 0 Å². The number of hydrogen-bond donors (Lipinski definition) is 1. The summed E-state index contributed by atoms with van der Waals surface area (Å²) in [6, 6.07) is 15.9. The van der Waals surface area contributed by atoms with Gasteiger partial charge in [0.1, 0.15) is 6.10 Å². The third-order valence-corrected chi connectivity index (χ3v) is 7.56. The molecule has 2 aliphatic heterocycles. The number of benzene rings is 2. The molecule has 8 nitrogen and oxygen atoms in total. The van der Waals surface area contributed by atoms with E-state index in [1.807, 2.05) is 18.2 Å². The highest BCUT2D eigenvalue weighted by Gasteiger charge is 2.29. The number of carbonyl (C=O) groups is 2. The smallest absolute Gasteiger partial charge is 0.254 e. The highest BCUT2D eigenvalue weighted by Crippen LogP contribution is 2.19. The fraction of sp³-hybridized carbons (Fsp3) is 0.391. The fourth-order valence-electron chi connectivity index (χ4n) is 3.97. The van der Waals surface area contributed by atoms with Crippen molar-refractivity contribution in [2.24, 2.45) is 0 Å². The maximum atomic E-state index is 13.0. The van der Waals surface area contributed by atoms with Gasteiger partial charge in [0.05, 0.1) is 5.75 Å². The molecule has 170 valence electrons. The number of sulfonamides is 1. The third kappa shape index (κ3) is 5.35. The zero-order valence-corrected chi connectivity index (χ0v) is 18.6. The average Bonchev–Trinajstić information content (AvgIpc) is 3.35. The molecule has 2 amide bonds. The van der Waals surface area contributed by atoms with E-state index in [4.69, 9.17) is 4.74 Å². The first kappa shape index (κ1) is 22.4. The van der Waals surface area contributed by atoms with Gasteiger partial charge in [0.15, 0.2) is 0 Å². The van der Waals surface area contributed by atoms with Gasteiger partial charge < -0.3 is 15.0 Å². The number of nitrogens with zero attached hydrogens (tertiary/aromatic N) is 2. The van der Waals surface area contributed by atoms with Crippen LogP contribution < -0.4 is 5.32 Å². The van der Waals surface area contributed by atoms with Gasteiger partial charge >= 0.3 is 0 Å². The number of anilines is 1. The van der Waals surface area contributed by atoms with E-state index >= 15 is 0 Å². The van der Waals surface area contributed by atoms with Crippen LogP contribution in [0.5, 0.6) is 0 Å². The molecule has 0 aromatic heterocycles. The second-order valence-electron chi connectivity index (χ2n) is 8.00. The molecule has 9 heteroatoms. The lowest BCUT2D eigenvalue weighted by Crippen LogP contribution is -2.50. The van der Waals surface area contributed by atoms with Crippen LogP contribution in [0.25, 0.3) is 0 Å². The molecular weight excluding hydrogens is 430 g/mol. The molecule has 1 unspecified atom stereocenters. The predicted molar refractivity (Wildman–Crippen MR) is 121 cm³/mol. The molecule has 2 aliphatic rings. The van der Waals surface area contributed by atoms with Crippen molar-refractivity contribution < 1.29 is 22.7 Å². The quantitative estimate of drug-likeness (QED) is 0.717. The van der Waals surface area contributed by atoms with E-state index in [-0.39, 0.29) is 30.7 Å².